The second kappa shape index (κ2) is 10.6. The standard InChI is InChI=1S/C18H28O13/c19-3-9-11(21)13(23)15(25)17(30-9)27-5-7-1-2-8(29-7)6-28-18-16(26)14(24)12(22)10(4-20)31-18/h1-2,9-26H,3-6H2. The molecule has 2 fully saturated rings. The van der Waals surface area contributed by atoms with Gasteiger partial charge in [0.1, 0.15) is 73.6 Å². The average molecular weight is 452 g/mol. The highest BCUT2D eigenvalue weighted by Gasteiger charge is 2.45. The summed E-state index contributed by atoms with van der Waals surface area (Å²) in [7, 11) is 0. The van der Waals surface area contributed by atoms with Gasteiger partial charge >= 0.3 is 0 Å². The van der Waals surface area contributed by atoms with Gasteiger partial charge in [0.25, 0.3) is 0 Å². The van der Waals surface area contributed by atoms with Crippen molar-refractivity contribution in [3.8, 4) is 0 Å². The van der Waals surface area contributed by atoms with Gasteiger partial charge < -0.3 is 64.2 Å². The van der Waals surface area contributed by atoms with E-state index in [9.17, 15) is 40.9 Å². The molecule has 0 saturated carbocycles. The van der Waals surface area contributed by atoms with Crippen LogP contribution < -0.4 is 0 Å². The zero-order chi connectivity index (χ0) is 22.7. The SMILES string of the molecule is OCC1OC(OCc2ccc(COC3OC(CO)C(O)C(O)C3O)o2)C(O)C(O)C1O. The average Bonchev–Trinajstić information content (AvgIpc) is 3.23. The topological polar surface area (TPSA) is 212 Å². The number of ether oxygens (including phenoxy) is 4. The monoisotopic (exact) mass is 452 g/mol. The molecule has 3 heterocycles. The molecule has 2 aliphatic rings. The van der Waals surface area contributed by atoms with Crippen molar-refractivity contribution >= 4 is 0 Å². The minimum absolute atomic E-state index is 0.178. The molecule has 13 nitrogen and oxygen atoms in total. The largest absolute Gasteiger partial charge is 0.461 e. The highest BCUT2D eigenvalue weighted by Crippen LogP contribution is 2.25. The van der Waals surface area contributed by atoms with Gasteiger partial charge in [-0.1, -0.05) is 0 Å². The predicted molar refractivity (Wildman–Crippen MR) is 95.8 cm³/mol. The molecule has 8 N–H and O–H groups in total. The molecule has 2 saturated heterocycles. The summed E-state index contributed by atoms with van der Waals surface area (Å²) in [4.78, 5) is 0. The molecule has 0 aromatic carbocycles. The number of furan rings is 1. The Morgan fingerprint density at radius 3 is 1.35 bits per heavy atom. The Balaban J connectivity index is 1.50. The molecule has 1 aromatic rings. The normalized spacial score (nSPS) is 41.4. The van der Waals surface area contributed by atoms with Crippen LogP contribution in [0, 0.1) is 0 Å². The Morgan fingerprint density at radius 2 is 1.00 bits per heavy atom. The number of aliphatic hydroxyl groups excluding tert-OH is 8. The number of aliphatic hydroxyl groups is 8. The van der Waals surface area contributed by atoms with Crippen LogP contribution in [0.25, 0.3) is 0 Å². The Bertz CT molecular complexity index is 625. The van der Waals surface area contributed by atoms with Gasteiger partial charge in [0, 0.05) is 0 Å². The first-order valence-electron chi connectivity index (χ1n) is 9.68. The van der Waals surface area contributed by atoms with Crippen LogP contribution in [-0.4, -0.2) is 115 Å². The van der Waals surface area contributed by atoms with E-state index in [-0.39, 0.29) is 13.2 Å². The van der Waals surface area contributed by atoms with Crippen LogP contribution in [0.4, 0.5) is 0 Å². The third-order valence-electron chi connectivity index (χ3n) is 5.19. The smallest absolute Gasteiger partial charge is 0.187 e. The van der Waals surface area contributed by atoms with E-state index in [1.54, 1.807) is 0 Å². The Kier molecular flexibility index (Phi) is 8.37. The van der Waals surface area contributed by atoms with Crippen molar-refractivity contribution in [2.75, 3.05) is 13.2 Å². The van der Waals surface area contributed by atoms with Gasteiger partial charge in [-0.3, -0.25) is 0 Å². The lowest BCUT2D eigenvalue weighted by atomic mass is 9.99. The summed E-state index contributed by atoms with van der Waals surface area (Å²) in [5, 5.41) is 77.3. The fourth-order valence-corrected chi connectivity index (χ4v) is 3.32. The zero-order valence-corrected chi connectivity index (χ0v) is 16.4. The van der Waals surface area contributed by atoms with Crippen LogP contribution in [0.2, 0.25) is 0 Å². The van der Waals surface area contributed by atoms with Crippen LogP contribution in [0.15, 0.2) is 16.5 Å². The predicted octanol–water partition coefficient (Wildman–Crippen LogP) is -4.09. The maximum absolute atomic E-state index is 9.95. The minimum Gasteiger partial charge on any atom is -0.461 e. The van der Waals surface area contributed by atoms with Crippen molar-refractivity contribution in [1.29, 1.82) is 0 Å². The van der Waals surface area contributed by atoms with Crippen molar-refractivity contribution < 1.29 is 64.2 Å². The van der Waals surface area contributed by atoms with E-state index in [4.69, 9.17) is 23.4 Å². The molecule has 0 radical (unpaired) electrons. The van der Waals surface area contributed by atoms with Gasteiger partial charge in [0.2, 0.25) is 0 Å². The lowest BCUT2D eigenvalue weighted by Crippen LogP contribution is -2.59. The van der Waals surface area contributed by atoms with Crippen molar-refractivity contribution in [3.05, 3.63) is 23.7 Å². The number of hydrogen-bond acceptors (Lipinski definition) is 13. The molecular formula is C18H28O13. The first-order chi connectivity index (χ1) is 14.8. The van der Waals surface area contributed by atoms with Gasteiger partial charge in [-0.15, -0.1) is 0 Å². The molecule has 178 valence electrons. The maximum Gasteiger partial charge on any atom is 0.187 e. The maximum atomic E-state index is 9.95. The molecule has 31 heavy (non-hydrogen) atoms. The van der Waals surface area contributed by atoms with Crippen LogP contribution >= 0.6 is 0 Å². The molecular weight excluding hydrogens is 424 g/mol. The quantitative estimate of drug-likeness (QED) is 0.189. The summed E-state index contributed by atoms with van der Waals surface area (Å²) < 4.78 is 26.7. The molecule has 10 unspecified atom stereocenters. The highest BCUT2D eigenvalue weighted by molar-refractivity contribution is 5.06. The fourth-order valence-electron chi connectivity index (χ4n) is 3.32. The third kappa shape index (κ3) is 5.42. The molecule has 0 spiro atoms. The third-order valence-corrected chi connectivity index (χ3v) is 5.19. The molecule has 0 bridgehead atoms. The van der Waals surface area contributed by atoms with Crippen molar-refractivity contribution in [3.63, 3.8) is 0 Å². The summed E-state index contributed by atoms with van der Waals surface area (Å²) in [6.07, 6.45) is -14.0. The molecule has 1 aromatic heterocycles. The summed E-state index contributed by atoms with van der Waals surface area (Å²) in [5.74, 6) is 0.591. The second-order valence-electron chi connectivity index (χ2n) is 7.38. The van der Waals surface area contributed by atoms with Gasteiger partial charge in [-0.2, -0.15) is 0 Å². The van der Waals surface area contributed by atoms with Gasteiger partial charge in [-0.05, 0) is 12.1 Å². The van der Waals surface area contributed by atoms with Crippen molar-refractivity contribution in [2.45, 2.75) is 74.6 Å². The summed E-state index contributed by atoms with van der Waals surface area (Å²) in [6, 6.07) is 3.08. The van der Waals surface area contributed by atoms with E-state index in [0.717, 1.165) is 0 Å². The van der Waals surface area contributed by atoms with E-state index < -0.39 is 74.6 Å². The lowest BCUT2D eigenvalue weighted by Gasteiger charge is -2.39. The van der Waals surface area contributed by atoms with Gasteiger partial charge in [-0.25, -0.2) is 0 Å². The van der Waals surface area contributed by atoms with Crippen LogP contribution in [0.5, 0.6) is 0 Å². The molecule has 0 aliphatic carbocycles. The van der Waals surface area contributed by atoms with E-state index in [0.29, 0.717) is 11.5 Å². The van der Waals surface area contributed by atoms with E-state index in [2.05, 4.69) is 0 Å². The highest BCUT2D eigenvalue weighted by atomic mass is 16.7. The molecule has 2 aliphatic heterocycles. The Morgan fingerprint density at radius 1 is 0.613 bits per heavy atom. The lowest BCUT2D eigenvalue weighted by molar-refractivity contribution is -0.305. The minimum atomic E-state index is -1.56. The number of hydrogen-bond donors (Lipinski definition) is 8. The first-order valence-corrected chi connectivity index (χ1v) is 9.68. The molecule has 3 rings (SSSR count). The van der Waals surface area contributed by atoms with Crippen molar-refractivity contribution in [2.24, 2.45) is 0 Å². The summed E-state index contributed by atoms with van der Waals surface area (Å²) in [6.45, 7) is -1.51. The summed E-state index contributed by atoms with van der Waals surface area (Å²) >= 11 is 0. The molecule has 10 atom stereocenters. The zero-order valence-electron chi connectivity index (χ0n) is 16.4. The van der Waals surface area contributed by atoms with E-state index >= 15 is 0 Å². The Hall–Kier alpha value is -1.20. The van der Waals surface area contributed by atoms with E-state index in [1.165, 1.54) is 12.1 Å². The fraction of sp³-hybridized carbons (Fsp3) is 0.778. The summed E-state index contributed by atoms with van der Waals surface area (Å²) in [5.41, 5.74) is 0. The van der Waals surface area contributed by atoms with Crippen LogP contribution in [0.3, 0.4) is 0 Å². The molecule has 0 amide bonds. The van der Waals surface area contributed by atoms with Gasteiger partial charge in [0.15, 0.2) is 12.6 Å². The number of rotatable bonds is 8. The van der Waals surface area contributed by atoms with Gasteiger partial charge in [0.05, 0.1) is 13.2 Å². The Labute approximate surface area is 176 Å². The van der Waals surface area contributed by atoms with Crippen molar-refractivity contribution in [1.82, 2.24) is 0 Å². The second-order valence-corrected chi connectivity index (χ2v) is 7.38. The van der Waals surface area contributed by atoms with E-state index in [1.807, 2.05) is 0 Å². The van der Waals surface area contributed by atoms with Crippen LogP contribution in [0.1, 0.15) is 11.5 Å². The molecule has 13 heteroatoms. The first kappa shape index (κ1) is 24.4. The van der Waals surface area contributed by atoms with Crippen LogP contribution in [-0.2, 0) is 32.2 Å².